The number of carboxylic acids is 1. The molecule has 0 amide bonds. The van der Waals surface area contributed by atoms with E-state index in [0.29, 0.717) is 19.5 Å². The first-order chi connectivity index (χ1) is 10.2. The van der Waals surface area contributed by atoms with Crippen LogP contribution in [0.3, 0.4) is 0 Å². The van der Waals surface area contributed by atoms with E-state index in [2.05, 4.69) is 5.10 Å². The van der Waals surface area contributed by atoms with E-state index in [1.165, 1.54) is 13.2 Å². The van der Waals surface area contributed by atoms with Gasteiger partial charge in [-0.05, 0) is 18.8 Å². The molecule has 2 fully saturated rings. The summed E-state index contributed by atoms with van der Waals surface area (Å²) >= 11 is 0. The smallest absolute Gasteiger partial charge is 0.433 e. The number of aryl methyl sites for hydroxylation is 1. The number of fused-ring (bicyclic) bond motifs is 1. The van der Waals surface area contributed by atoms with Crippen LogP contribution < -0.4 is 0 Å². The molecule has 1 aliphatic heterocycles. The van der Waals surface area contributed by atoms with Crippen molar-refractivity contribution in [1.29, 1.82) is 0 Å². The van der Waals surface area contributed by atoms with E-state index in [-0.39, 0.29) is 30.4 Å². The van der Waals surface area contributed by atoms with Crippen molar-refractivity contribution in [3.63, 3.8) is 0 Å². The molecule has 0 spiro atoms. The van der Waals surface area contributed by atoms with E-state index in [4.69, 9.17) is 0 Å². The average Bonchev–Trinajstić information content (AvgIpc) is 3.01. The number of carboxylic acid groups (broad SMARTS) is 1. The Hall–Kier alpha value is -1.28. The van der Waals surface area contributed by atoms with Crippen molar-refractivity contribution < 1.29 is 23.1 Å². The number of hydrogen-bond donors (Lipinski definition) is 1. The van der Waals surface area contributed by atoms with Crippen LogP contribution in [0.5, 0.6) is 0 Å². The van der Waals surface area contributed by atoms with E-state index in [1.807, 2.05) is 4.90 Å². The highest BCUT2D eigenvalue weighted by Gasteiger charge is 2.54. The summed E-state index contributed by atoms with van der Waals surface area (Å²) in [4.78, 5) is 13.4. The summed E-state index contributed by atoms with van der Waals surface area (Å²) in [6, 6.07) is 0. The minimum absolute atomic E-state index is 0. The first-order valence-corrected chi connectivity index (χ1v) is 7.28. The molecule has 0 aromatic carbocycles. The molecule has 130 valence electrons. The Morgan fingerprint density at radius 3 is 2.78 bits per heavy atom. The van der Waals surface area contributed by atoms with Gasteiger partial charge in [-0.25, -0.2) is 0 Å². The van der Waals surface area contributed by atoms with Crippen LogP contribution in [0.1, 0.15) is 30.5 Å². The monoisotopic (exact) mass is 353 g/mol. The predicted molar refractivity (Wildman–Crippen MR) is 78.1 cm³/mol. The Kier molecular flexibility index (Phi) is 4.69. The molecular formula is C14H19ClF3N3O2. The minimum atomic E-state index is -4.46. The molecule has 0 radical (unpaired) electrons. The molecule has 3 rings (SSSR count). The minimum Gasteiger partial charge on any atom is -0.481 e. The van der Waals surface area contributed by atoms with Gasteiger partial charge in [-0.2, -0.15) is 18.3 Å². The maximum absolute atomic E-state index is 13.1. The predicted octanol–water partition coefficient (Wildman–Crippen LogP) is 2.55. The number of aromatic nitrogens is 2. The topological polar surface area (TPSA) is 58.4 Å². The van der Waals surface area contributed by atoms with Gasteiger partial charge in [0.1, 0.15) is 5.69 Å². The van der Waals surface area contributed by atoms with Gasteiger partial charge < -0.3 is 5.11 Å². The fourth-order valence-corrected chi connectivity index (χ4v) is 4.07. The molecule has 1 N–H and O–H groups in total. The van der Waals surface area contributed by atoms with Gasteiger partial charge in [0.05, 0.1) is 11.6 Å². The van der Waals surface area contributed by atoms with E-state index in [0.717, 1.165) is 17.5 Å². The van der Waals surface area contributed by atoms with Crippen LogP contribution in [0.15, 0.2) is 6.20 Å². The van der Waals surface area contributed by atoms with Crippen molar-refractivity contribution >= 4 is 18.4 Å². The first kappa shape index (κ1) is 18.1. The number of carbonyl (C=O) groups is 1. The number of halogens is 4. The number of alkyl halides is 3. The van der Waals surface area contributed by atoms with E-state index in [1.54, 1.807) is 0 Å². The summed E-state index contributed by atoms with van der Waals surface area (Å²) in [6.07, 6.45) is -0.902. The Balaban J connectivity index is 0.00000192. The lowest BCUT2D eigenvalue weighted by Crippen LogP contribution is -2.35. The summed E-state index contributed by atoms with van der Waals surface area (Å²) in [5, 5.41) is 13.2. The molecule has 2 heterocycles. The van der Waals surface area contributed by atoms with E-state index in [9.17, 15) is 23.1 Å². The second kappa shape index (κ2) is 5.98. The van der Waals surface area contributed by atoms with Gasteiger partial charge in [-0.3, -0.25) is 14.4 Å². The number of rotatable bonds is 3. The molecule has 9 heteroatoms. The van der Waals surface area contributed by atoms with E-state index < -0.39 is 23.3 Å². The molecule has 23 heavy (non-hydrogen) atoms. The van der Waals surface area contributed by atoms with Crippen LogP contribution in [0, 0.1) is 11.3 Å². The van der Waals surface area contributed by atoms with Crippen LogP contribution in [0.4, 0.5) is 13.2 Å². The molecule has 1 saturated heterocycles. The van der Waals surface area contributed by atoms with Crippen LogP contribution in [0.2, 0.25) is 0 Å². The molecule has 1 saturated carbocycles. The third kappa shape index (κ3) is 2.94. The summed E-state index contributed by atoms with van der Waals surface area (Å²) in [6.45, 7) is 0.950. The van der Waals surface area contributed by atoms with Crippen molar-refractivity contribution in [2.75, 3.05) is 13.1 Å². The number of likely N-dealkylation sites (tertiary alicyclic amines) is 1. The fourth-order valence-electron chi connectivity index (χ4n) is 4.07. The summed E-state index contributed by atoms with van der Waals surface area (Å²) in [7, 11) is 1.27. The Labute approximate surface area is 137 Å². The zero-order valence-electron chi connectivity index (χ0n) is 12.6. The number of hydrogen-bond acceptors (Lipinski definition) is 3. The second-order valence-corrected chi connectivity index (χ2v) is 6.36. The molecule has 0 unspecified atom stereocenters. The average molecular weight is 354 g/mol. The summed E-state index contributed by atoms with van der Waals surface area (Å²) in [5.74, 6) is -0.782. The normalized spacial score (nSPS) is 27.7. The SMILES string of the molecule is Cl.Cn1ncc(CN2C[C@@H]3CCC[C@@]3(C(=O)O)C2)c1C(F)(F)F. The van der Waals surface area contributed by atoms with Gasteiger partial charge in [0, 0.05) is 32.2 Å². The van der Waals surface area contributed by atoms with Crippen LogP contribution in [-0.2, 0) is 24.6 Å². The molecule has 2 atom stereocenters. The number of nitrogens with zero attached hydrogens (tertiary/aromatic N) is 3. The van der Waals surface area contributed by atoms with Gasteiger partial charge in [0.25, 0.3) is 0 Å². The third-order valence-electron chi connectivity index (χ3n) is 5.04. The van der Waals surface area contributed by atoms with Crippen molar-refractivity contribution in [2.45, 2.75) is 32.0 Å². The number of aliphatic carboxylic acids is 1. The zero-order valence-corrected chi connectivity index (χ0v) is 13.5. The summed E-state index contributed by atoms with van der Waals surface area (Å²) < 4.78 is 40.1. The van der Waals surface area contributed by atoms with Crippen molar-refractivity contribution in [2.24, 2.45) is 18.4 Å². The zero-order chi connectivity index (χ0) is 16.1. The standard InChI is InChI=1S/C14H18F3N3O2.ClH/c1-19-11(14(15,16)17)9(5-18-19)6-20-7-10-3-2-4-13(10,8-20)12(21)22;/h5,10H,2-4,6-8H2,1H3,(H,21,22);1H/t10-,13+;/m0./s1. The van der Waals surface area contributed by atoms with Gasteiger partial charge >= 0.3 is 12.1 Å². The highest BCUT2D eigenvalue weighted by Crippen LogP contribution is 2.49. The molecule has 1 aromatic heterocycles. The van der Waals surface area contributed by atoms with Gasteiger partial charge in [0.2, 0.25) is 0 Å². The van der Waals surface area contributed by atoms with Crippen molar-refractivity contribution in [1.82, 2.24) is 14.7 Å². The second-order valence-electron chi connectivity index (χ2n) is 6.36. The molecule has 1 aliphatic carbocycles. The van der Waals surface area contributed by atoms with Crippen LogP contribution >= 0.6 is 12.4 Å². The van der Waals surface area contributed by atoms with Crippen LogP contribution in [0.25, 0.3) is 0 Å². The molecule has 0 bridgehead atoms. The Morgan fingerprint density at radius 1 is 1.52 bits per heavy atom. The molecule has 5 nitrogen and oxygen atoms in total. The first-order valence-electron chi connectivity index (χ1n) is 7.28. The van der Waals surface area contributed by atoms with Gasteiger partial charge in [-0.1, -0.05) is 6.42 Å². The van der Waals surface area contributed by atoms with E-state index >= 15 is 0 Å². The van der Waals surface area contributed by atoms with Gasteiger partial charge in [0.15, 0.2) is 0 Å². The lowest BCUT2D eigenvalue weighted by molar-refractivity contribution is -0.149. The third-order valence-corrected chi connectivity index (χ3v) is 5.04. The lowest BCUT2D eigenvalue weighted by Gasteiger charge is -2.23. The molecule has 1 aromatic rings. The fraction of sp³-hybridized carbons (Fsp3) is 0.714. The highest BCUT2D eigenvalue weighted by atomic mass is 35.5. The quantitative estimate of drug-likeness (QED) is 0.907. The Morgan fingerprint density at radius 2 is 2.22 bits per heavy atom. The molecule has 2 aliphatic rings. The maximum Gasteiger partial charge on any atom is 0.433 e. The largest absolute Gasteiger partial charge is 0.481 e. The van der Waals surface area contributed by atoms with Crippen molar-refractivity contribution in [3.8, 4) is 0 Å². The summed E-state index contributed by atoms with van der Waals surface area (Å²) in [5.41, 5.74) is -1.43. The van der Waals surface area contributed by atoms with Gasteiger partial charge in [-0.15, -0.1) is 12.4 Å². The molecular weight excluding hydrogens is 335 g/mol. The Bertz CT molecular complexity index is 605. The van der Waals surface area contributed by atoms with Crippen LogP contribution in [-0.4, -0.2) is 38.8 Å². The lowest BCUT2D eigenvalue weighted by atomic mass is 9.81. The van der Waals surface area contributed by atoms with Crippen molar-refractivity contribution in [3.05, 3.63) is 17.5 Å². The maximum atomic E-state index is 13.1. The highest BCUT2D eigenvalue weighted by molar-refractivity contribution is 5.85.